The normalized spacial score (nSPS) is 16.2. The smallest absolute Gasteiger partial charge is 0.272 e. The van der Waals surface area contributed by atoms with Gasteiger partial charge in [0.05, 0.1) is 0 Å². The monoisotopic (exact) mass is 247 g/mol. The third kappa shape index (κ3) is 3.45. The topological polar surface area (TPSA) is 45.2 Å². The van der Waals surface area contributed by atoms with Crippen molar-refractivity contribution in [2.75, 3.05) is 19.4 Å². The van der Waals surface area contributed by atoms with E-state index in [1.165, 1.54) is 19.3 Å². The quantitative estimate of drug-likeness (QED) is 0.869. The molecule has 4 nitrogen and oxygen atoms in total. The second-order valence-corrected chi connectivity index (χ2v) is 5.35. The van der Waals surface area contributed by atoms with Gasteiger partial charge in [0.25, 0.3) is 5.91 Å². The first-order chi connectivity index (χ1) is 8.56. The molecule has 0 saturated heterocycles. The Bertz CT molecular complexity index is 427. The standard InChI is InChI=1S/C14H21N3O/c1-10(8-11-4-5-11)16-12-6-7-15-13(9-12)14(18)17(2)3/h6-7,9-11H,4-5,8H2,1-3H3,(H,15,16). The Labute approximate surface area is 108 Å². The van der Waals surface area contributed by atoms with Gasteiger partial charge in [-0.15, -0.1) is 0 Å². The molecule has 2 rings (SSSR count). The van der Waals surface area contributed by atoms with Crippen molar-refractivity contribution in [1.29, 1.82) is 0 Å². The van der Waals surface area contributed by atoms with Crippen LogP contribution in [0.1, 0.15) is 36.7 Å². The molecule has 0 spiro atoms. The van der Waals surface area contributed by atoms with Crippen LogP contribution in [0.4, 0.5) is 5.69 Å². The molecule has 98 valence electrons. The summed E-state index contributed by atoms with van der Waals surface area (Å²) in [5.41, 5.74) is 1.46. The highest BCUT2D eigenvalue weighted by molar-refractivity contribution is 5.92. The van der Waals surface area contributed by atoms with E-state index >= 15 is 0 Å². The summed E-state index contributed by atoms with van der Waals surface area (Å²) < 4.78 is 0. The van der Waals surface area contributed by atoms with Crippen LogP contribution < -0.4 is 5.32 Å². The first-order valence-corrected chi connectivity index (χ1v) is 6.50. The van der Waals surface area contributed by atoms with Crippen molar-refractivity contribution in [3.63, 3.8) is 0 Å². The summed E-state index contributed by atoms with van der Waals surface area (Å²) in [6.07, 6.45) is 5.63. The number of carbonyl (C=O) groups excluding carboxylic acids is 1. The number of hydrogen-bond acceptors (Lipinski definition) is 3. The zero-order chi connectivity index (χ0) is 13.1. The zero-order valence-corrected chi connectivity index (χ0v) is 11.3. The number of anilines is 1. The van der Waals surface area contributed by atoms with Crippen LogP contribution in [0.15, 0.2) is 18.3 Å². The lowest BCUT2D eigenvalue weighted by Gasteiger charge is -2.16. The third-order valence-electron chi connectivity index (χ3n) is 3.18. The van der Waals surface area contributed by atoms with E-state index in [0.717, 1.165) is 11.6 Å². The van der Waals surface area contributed by atoms with Gasteiger partial charge in [-0.05, 0) is 31.4 Å². The first-order valence-electron chi connectivity index (χ1n) is 6.50. The van der Waals surface area contributed by atoms with Gasteiger partial charge in [-0.3, -0.25) is 9.78 Å². The second-order valence-electron chi connectivity index (χ2n) is 5.35. The van der Waals surface area contributed by atoms with Gasteiger partial charge in [-0.2, -0.15) is 0 Å². The number of carbonyl (C=O) groups is 1. The number of nitrogens with zero attached hydrogens (tertiary/aromatic N) is 2. The predicted octanol–water partition coefficient (Wildman–Crippen LogP) is 2.38. The number of amides is 1. The molecule has 1 aliphatic carbocycles. The molecule has 1 aromatic heterocycles. The molecule has 1 N–H and O–H groups in total. The molecule has 1 amide bonds. The molecule has 0 aliphatic heterocycles. The van der Waals surface area contributed by atoms with E-state index in [2.05, 4.69) is 17.2 Å². The Balaban J connectivity index is 1.99. The van der Waals surface area contributed by atoms with E-state index in [0.29, 0.717) is 11.7 Å². The van der Waals surface area contributed by atoms with Crippen LogP contribution in [-0.4, -0.2) is 35.9 Å². The molecule has 18 heavy (non-hydrogen) atoms. The zero-order valence-electron chi connectivity index (χ0n) is 11.3. The second kappa shape index (κ2) is 5.38. The van der Waals surface area contributed by atoms with Crippen molar-refractivity contribution in [3.05, 3.63) is 24.0 Å². The number of hydrogen-bond donors (Lipinski definition) is 1. The molecule has 1 atom stereocenters. The van der Waals surface area contributed by atoms with Crippen LogP contribution in [0.25, 0.3) is 0 Å². The molecule has 1 saturated carbocycles. The lowest BCUT2D eigenvalue weighted by atomic mass is 10.1. The number of pyridine rings is 1. The fourth-order valence-electron chi connectivity index (χ4n) is 2.06. The number of aromatic nitrogens is 1. The molecule has 4 heteroatoms. The van der Waals surface area contributed by atoms with Gasteiger partial charge in [0, 0.05) is 32.0 Å². The van der Waals surface area contributed by atoms with E-state index in [1.807, 2.05) is 12.1 Å². The van der Waals surface area contributed by atoms with E-state index in [9.17, 15) is 4.79 Å². The van der Waals surface area contributed by atoms with Crippen molar-refractivity contribution in [2.45, 2.75) is 32.2 Å². The maximum Gasteiger partial charge on any atom is 0.272 e. The summed E-state index contributed by atoms with van der Waals surface area (Å²) in [7, 11) is 3.47. The fraction of sp³-hybridized carbons (Fsp3) is 0.571. The number of rotatable bonds is 5. The average molecular weight is 247 g/mol. The summed E-state index contributed by atoms with van der Waals surface area (Å²) in [5.74, 6) is 0.839. The molecule has 1 aromatic rings. The molecular formula is C14H21N3O. The molecule has 0 bridgehead atoms. The SMILES string of the molecule is CC(CC1CC1)Nc1ccnc(C(=O)N(C)C)c1. The third-order valence-corrected chi connectivity index (χ3v) is 3.18. The van der Waals surface area contributed by atoms with Gasteiger partial charge in [-0.1, -0.05) is 12.8 Å². The van der Waals surface area contributed by atoms with Crippen molar-refractivity contribution in [3.8, 4) is 0 Å². The summed E-state index contributed by atoms with van der Waals surface area (Å²) in [6, 6.07) is 4.18. The molecule has 0 radical (unpaired) electrons. The molecule has 0 aromatic carbocycles. The minimum atomic E-state index is -0.0616. The maximum absolute atomic E-state index is 11.8. The highest BCUT2D eigenvalue weighted by atomic mass is 16.2. The lowest BCUT2D eigenvalue weighted by molar-refractivity contribution is 0.0822. The highest BCUT2D eigenvalue weighted by Crippen LogP contribution is 2.34. The first kappa shape index (κ1) is 12.9. The van der Waals surface area contributed by atoms with E-state index in [4.69, 9.17) is 0 Å². The van der Waals surface area contributed by atoms with Gasteiger partial charge >= 0.3 is 0 Å². The van der Waals surface area contributed by atoms with Crippen molar-refractivity contribution in [2.24, 2.45) is 5.92 Å². The molecule has 1 fully saturated rings. The summed E-state index contributed by atoms with van der Waals surface area (Å²) in [4.78, 5) is 17.5. The van der Waals surface area contributed by atoms with Crippen molar-refractivity contribution >= 4 is 11.6 Å². The van der Waals surface area contributed by atoms with Gasteiger partial charge in [0.2, 0.25) is 0 Å². The van der Waals surface area contributed by atoms with Crippen LogP contribution in [0.2, 0.25) is 0 Å². The lowest BCUT2D eigenvalue weighted by Crippen LogP contribution is -2.23. The fourth-order valence-corrected chi connectivity index (χ4v) is 2.06. The van der Waals surface area contributed by atoms with Gasteiger partial charge < -0.3 is 10.2 Å². The number of nitrogens with one attached hydrogen (secondary N) is 1. The Hall–Kier alpha value is -1.58. The largest absolute Gasteiger partial charge is 0.382 e. The van der Waals surface area contributed by atoms with Crippen LogP contribution in [0.3, 0.4) is 0 Å². The molecule has 1 unspecified atom stereocenters. The summed E-state index contributed by atoms with van der Waals surface area (Å²) in [5, 5.41) is 3.44. The molecule has 1 heterocycles. The minimum absolute atomic E-state index is 0.0616. The minimum Gasteiger partial charge on any atom is -0.382 e. The molecular weight excluding hydrogens is 226 g/mol. The Morgan fingerprint density at radius 1 is 1.56 bits per heavy atom. The Morgan fingerprint density at radius 2 is 2.28 bits per heavy atom. The van der Waals surface area contributed by atoms with E-state index in [1.54, 1.807) is 25.2 Å². The van der Waals surface area contributed by atoms with Crippen LogP contribution in [0, 0.1) is 5.92 Å². The highest BCUT2D eigenvalue weighted by Gasteiger charge is 2.23. The Morgan fingerprint density at radius 3 is 2.89 bits per heavy atom. The maximum atomic E-state index is 11.8. The summed E-state index contributed by atoms with van der Waals surface area (Å²) in [6.45, 7) is 2.19. The average Bonchev–Trinajstić information content (AvgIpc) is 3.12. The van der Waals surface area contributed by atoms with Crippen molar-refractivity contribution < 1.29 is 4.79 Å². The van der Waals surface area contributed by atoms with Crippen molar-refractivity contribution in [1.82, 2.24) is 9.88 Å². The van der Waals surface area contributed by atoms with Gasteiger partial charge in [0.1, 0.15) is 5.69 Å². The van der Waals surface area contributed by atoms with Gasteiger partial charge in [0.15, 0.2) is 0 Å². The van der Waals surface area contributed by atoms with Gasteiger partial charge in [-0.25, -0.2) is 0 Å². The van der Waals surface area contributed by atoms with E-state index < -0.39 is 0 Å². The van der Waals surface area contributed by atoms with Crippen LogP contribution in [0.5, 0.6) is 0 Å². The van der Waals surface area contributed by atoms with E-state index in [-0.39, 0.29) is 5.91 Å². The van der Waals surface area contributed by atoms with Crippen LogP contribution in [-0.2, 0) is 0 Å². The predicted molar refractivity (Wildman–Crippen MR) is 72.7 cm³/mol. The molecule has 1 aliphatic rings. The van der Waals surface area contributed by atoms with Crippen LogP contribution >= 0.6 is 0 Å². The Kier molecular flexibility index (Phi) is 3.84. The summed E-state index contributed by atoms with van der Waals surface area (Å²) >= 11 is 0.